The molecule has 2 aromatic rings. The average Bonchev–Trinajstić information content (AvgIpc) is 3.25. The number of nitrogen functional groups attached to an aromatic ring is 1. The molecule has 1 amide bonds. The minimum atomic E-state index is -0.857. The first kappa shape index (κ1) is 14.4. The lowest BCUT2D eigenvalue weighted by atomic mass is 10.2. The number of amides is 1. The van der Waals surface area contributed by atoms with Crippen molar-refractivity contribution < 1.29 is 13.6 Å². The largest absolute Gasteiger partial charge is 0.396 e. The Kier molecular flexibility index (Phi) is 3.48. The molecule has 1 aromatic heterocycles. The number of nitrogens with zero attached hydrogens (tertiary/aromatic N) is 2. The fraction of sp³-hybridized carbons (Fsp3) is 0.267. The molecule has 114 valence electrons. The second-order valence-corrected chi connectivity index (χ2v) is 5.35. The molecule has 1 aromatic carbocycles. The quantitative estimate of drug-likeness (QED) is 0.853. The van der Waals surface area contributed by atoms with Gasteiger partial charge in [-0.2, -0.15) is 0 Å². The van der Waals surface area contributed by atoms with Crippen LogP contribution in [0.15, 0.2) is 24.4 Å². The summed E-state index contributed by atoms with van der Waals surface area (Å²) in [4.78, 5) is 20.6. The van der Waals surface area contributed by atoms with E-state index in [4.69, 9.17) is 5.73 Å². The number of carbonyl (C=O) groups excluding carboxylic acids is 1. The fourth-order valence-corrected chi connectivity index (χ4v) is 2.30. The van der Waals surface area contributed by atoms with Crippen molar-refractivity contribution >= 4 is 17.3 Å². The number of nitrogens with two attached hydrogens (primary N) is 1. The van der Waals surface area contributed by atoms with Crippen LogP contribution in [0.2, 0.25) is 0 Å². The van der Waals surface area contributed by atoms with Gasteiger partial charge in [0.25, 0.3) is 0 Å². The van der Waals surface area contributed by atoms with Crippen LogP contribution in [-0.2, 0) is 4.79 Å². The van der Waals surface area contributed by atoms with Crippen molar-refractivity contribution in [1.29, 1.82) is 0 Å². The number of benzene rings is 1. The molecule has 0 radical (unpaired) electrons. The Morgan fingerprint density at radius 1 is 1.36 bits per heavy atom. The summed E-state index contributed by atoms with van der Waals surface area (Å²) in [5.41, 5.74) is 5.86. The number of hydrogen-bond donors (Lipinski definition) is 2. The van der Waals surface area contributed by atoms with Gasteiger partial charge < -0.3 is 11.1 Å². The van der Waals surface area contributed by atoms with Crippen LogP contribution in [0.1, 0.15) is 23.9 Å². The molecule has 1 saturated carbocycles. The van der Waals surface area contributed by atoms with Crippen LogP contribution in [-0.4, -0.2) is 15.9 Å². The minimum absolute atomic E-state index is 0.0687. The van der Waals surface area contributed by atoms with E-state index in [9.17, 15) is 13.6 Å². The van der Waals surface area contributed by atoms with E-state index in [0.29, 0.717) is 18.3 Å². The van der Waals surface area contributed by atoms with E-state index in [1.807, 2.05) is 6.92 Å². The lowest BCUT2D eigenvalue weighted by molar-refractivity contribution is -0.117. The highest BCUT2D eigenvalue weighted by atomic mass is 19.1. The zero-order valence-electron chi connectivity index (χ0n) is 11.8. The van der Waals surface area contributed by atoms with E-state index >= 15 is 0 Å². The second-order valence-electron chi connectivity index (χ2n) is 5.35. The molecule has 1 aliphatic rings. The number of aromatic nitrogens is 2. The van der Waals surface area contributed by atoms with Gasteiger partial charge in [0.15, 0.2) is 0 Å². The van der Waals surface area contributed by atoms with Crippen LogP contribution in [0, 0.1) is 24.5 Å². The molecular weight excluding hydrogens is 290 g/mol. The van der Waals surface area contributed by atoms with Crippen molar-refractivity contribution in [3.63, 3.8) is 0 Å². The average molecular weight is 304 g/mol. The maximum absolute atomic E-state index is 13.6. The summed E-state index contributed by atoms with van der Waals surface area (Å²) >= 11 is 0. The van der Waals surface area contributed by atoms with Gasteiger partial charge in [-0.15, -0.1) is 0 Å². The van der Waals surface area contributed by atoms with Gasteiger partial charge in [-0.25, -0.2) is 18.7 Å². The maximum Gasteiger partial charge on any atom is 0.228 e. The van der Waals surface area contributed by atoms with Gasteiger partial charge in [0.05, 0.1) is 11.4 Å². The number of nitrogens with one attached hydrogen (secondary N) is 1. The molecule has 0 bridgehead atoms. The monoisotopic (exact) mass is 304 g/mol. The predicted octanol–water partition coefficient (Wildman–Crippen LogP) is 2.39. The van der Waals surface area contributed by atoms with Gasteiger partial charge in [0, 0.05) is 29.8 Å². The van der Waals surface area contributed by atoms with Gasteiger partial charge in [-0.05, 0) is 25.5 Å². The van der Waals surface area contributed by atoms with E-state index < -0.39 is 11.6 Å². The highest BCUT2D eigenvalue weighted by Crippen LogP contribution is 2.46. The van der Waals surface area contributed by atoms with E-state index in [1.54, 1.807) is 12.3 Å². The molecule has 0 unspecified atom stereocenters. The first-order valence-electron chi connectivity index (χ1n) is 6.80. The molecule has 1 aliphatic carbocycles. The summed E-state index contributed by atoms with van der Waals surface area (Å²) in [6, 6.07) is 3.50. The third kappa shape index (κ3) is 2.74. The SMILES string of the molecule is Cc1ccnc([C@H]2C[C@@H]2C(=O)Nc2cc(N)c(F)cc2F)n1. The zero-order chi connectivity index (χ0) is 15.9. The molecule has 0 aliphatic heterocycles. The summed E-state index contributed by atoms with van der Waals surface area (Å²) in [7, 11) is 0. The number of carbonyl (C=O) groups is 1. The number of hydrogen-bond acceptors (Lipinski definition) is 4. The van der Waals surface area contributed by atoms with Crippen LogP contribution >= 0.6 is 0 Å². The molecule has 0 spiro atoms. The van der Waals surface area contributed by atoms with Gasteiger partial charge in [0.2, 0.25) is 5.91 Å². The van der Waals surface area contributed by atoms with Crippen LogP contribution < -0.4 is 11.1 Å². The highest BCUT2D eigenvalue weighted by molar-refractivity contribution is 5.95. The first-order valence-corrected chi connectivity index (χ1v) is 6.80. The van der Waals surface area contributed by atoms with Gasteiger partial charge >= 0.3 is 0 Å². The number of aryl methyl sites for hydroxylation is 1. The Hall–Kier alpha value is -2.57. The van der Waals surface area contributed by atoms with Gasteiger partial charge in [0.1, 0.15) is 17.5 Å². The lowest BCUT2D eigenvalue weighted by Gasteiger charge is -2.08. The first-order chi connectivity index (χ1) is 10.5. The van der Waals surface area contributed by atoms with E-state index in [-0.39, 0.29) is 29.1 Å². The molecular formula is C15H14F2N4O. The fourth-order valence-electron chi connectivity index (χ4n) is 2.30. The van der Waals surface area contributed by atoms with Crippen LogP contribution in [0.4, 0.5) is 20.2 Å². The smallest absolute Gasteiger partial charge is 0.228 e. The zero-order valence-corrected chi connectivity index (χ0v) is 11.8. The van der Waals surface area contributed by atoms with E-state index in [2.05, 4.69) is 15.3 Å². The molecule has 5 nitrogen and oxygen atoms in total. The maximum atomic E-state index is 13.6. The van der Waals surface area contributed by atoms with Crippen LogP contribution in [0.5, 0.6) is 0 Å². The summed E-state index contributed by atoms with van der Waals surface area (Å²) in [5, 5.41) is 2.44. The molecule has 1 fully saturated rings. The topological polar surface area (TPSA) is 80.9 Å². The van der Waals surface area contributed by atoms with Gasteiger partial charge in [-0.3, -0.25) is 4.79 Å². The summed E-state index contributed by atoms with van der Waals surface area (Å²) in [6.07, 6.45) is 2.25. The molecule has 1 heterocycles. The van der Waals surface area contributed by atoms with Crippen molar-refractivity contribution in [3.8, 4) is 0 Å². The normalized spacial score (nSPS) is 19.8. The molecule has 3 N–H and O–H groups in total. The summed E-state index contributed by atoms with van der Waals surface area (Å²) in [5.74, 6) is -1.83. The lowest BCUT2D eigenvalue weighted by Crippen LogP contribution is -2.16. The van der Waals surface area contributed by atoms with Crippen LogP contribution in [0.3, 0.4) is 0 Å². The highest BCUT2D eigenvalue weighted by Gasteiger charge is 2.46. The minimum Gasteiger partial charge on any atom is -0.396 e. The van der Waals surface area contributed by atoms with Crippen molar-refractivity contribution in [1.82, 2.24) is 9.97 Å². The van der Waals surface area contributed by atoms with Crippen molar-refractivity contribution in [2.45, 2.75) is 19.3 Å². The van der Waals surface area contributed by atoms with E-state index in [1.165, 1.54) is 0 Å². The number of rotatable bonds is 3. The Morgan fingerprint density at radius 2 is 2.14 bits per heavy atom. The number of anilines is 2. The standard InChI is InChI=1S/C15H14F2N4O/c1-7-2-3-19-14(20-7)8-4-9(8)15(22)21-13-6-12(18)10(16)5-11(13)17/h2-3,5-6,8-9H,4,18H2,1H3,(H,21,22)/t8-,9-/m0/s1. The third-order valence-electron chi connectivity index (χ3n) is 3.62. The number of halogens is 2. The Bertz CT molecular complexity index is 750. The summed E-state index contributed by atoms with van der Waals surface area (Å²) < 4.78 is 26.7. The molecule has 0 saturated heterocycles. The molecule has 22 heavy (non-hydrogen) atoms. The molecule has 7 heteroatoms. The second kappa shape index (κ2) is 5.32. The van der Waals surface area contributed by atoms with Crippen molar-refractivity contribution in [2.75, 3.05) is 11.1 Å². The van der Waals surface area contributed by atoms with Crippen molar-refractivity contribution in [2.24, 2.45) is 5.92 Å². The molecule has 3 rings (SSSR count). The van der Waals surface area contributed by atoms with E-state index in [0.717, 1.165) is 11.8 Å². The predicted molar refractivity (Wildman–Crippen MR) is 77.0 cm³/mol. The van der Waals surface area contributed by atoms with Gasteiger partial charge in [-0.1, -0.05) is 0 Å². The van der Waals surface area contributed by atoms with Crippen LogP contribution in [0.25, 0.3) is 0 Å². The third-order valence-corrected chi connectivity index (χ3v) is 3.62. The Labute approximate surface area is 125 Å². The Morgan fingerprint density at radius 3 is 2.86 bits per heavy atom. The van der Waals surface area contributed by atoms with Crippen molar-refractivity contribution in [3.05, 3.63) is 47.5 Å². The Balaban J connectivity index is 1.71. The summed E-state index contributed by atoms with van der Waals surface area (Å²) in [6.45, 7) is 1.85. The molecule has 2 atom stereocenters.